The molecule has 0 spiro atoms. The molecule has 1 amide bonds. The predicted molar refractivity (Wildman–Crippen MR) is 60.1 cm³/mol. The normalized spacial score (nSPS) is 10.6. The second-order valence-electron chi connectivity index (χ2n) is 4.17. The van der Waals surface area contributed by atoms with Gasteiger partial charge in [-0.05, 0) is 26.0 Å². The topological polar surface area (TPSA) is 57.6 Å². The van der Waals surface area contributed by atoms with Gasteiger partial charge in [-0.1, -0.05) is 0 Å². The van der Waals surface area contributed by atoms with Crippen molar-refractivity contribution in [2.75, 3.05) is 6.54 Å². The van der Waals surface area contributed by atoms with Crippen LogP contribution < -0.4 is 0 Å². The van der Waals surface area contributed by atoms with Crippen LogP contribution in [0.2, 0.25) is 0 Å². The van der Waals surface area contributed by atoms with E-state index >= 15 is 0 Å². The first-order valence-corrected chi connectivity index (χ1v) is 5.41. The average molecular weight is 275 g/mol. The molecule has 0 saturated heterocycles. The third-order valence-corrected chi connectivity index (χ3v) is 2.42. The first-order valence-electron chi connectivity index (χ1n) is 5.41. The van der Waals surface area contributed by atoms with Gasteiger partial charge in [0, 0.05) is 11.6 Å². The molecule has 0 aromatic heterocycles. The molecule has 0 heterocycles. The minimum Gasteiger partial charge on any atom is -0.480 e. The summed E-state index contributed by atoms with van der Waals surface area (Å²) >= 11 is 0. The Morgan fingerprint density at radius 1 is 1.21 bits per heavy atom. The van der Waals surface area contributed by atoms with Gasteiger partial charge >= 0.3 is 5.97 Å². The summed E-state index contributed by atoms with van der Waals surface area (Å²) in [6.45, 7) is 2.49. The van der Waals surface area contributed by atoms with E-state index in [1.165, 1.54) is 0 Å². The fourth-order valence-electron chi connectivity index (χ4n) is 1.48. The standard InChI is InChI=1S/C12H12F3NO3/c1-6(2)16(5-10(17)18)12(19)7-3-8(13)11(15)9(14)4-7/h3-4,6H,5H2,1-2H3,(H,17,18). The third-order valence-electron chi connectivity index (χ3n) is 2.42. The van der Waals surface area contributed by atoms with Crippen molar-refractivity contribution in [1.82, 2.24) is 4.90 Å². The van der Waals surface area contributed by atoms with Crippen LogP contribution >= 0.6 is 0 Å². The summed E-state index contributed by atoms with van der Waals surface area (Å²) < 4.78 is 38.8. The highest BCUT2D eigenvalue weighted by atomic mass is 19.2. The van der Waals surface area contributed by atoms with Gasteiger partial charge in [-0.25, -0.2) is 13.2 Å². The zero-order valence-corrected chi connectivity index (χ0v) is 10.3. The smallest absolute Gasteiger partial charge is 0.323 e. The lowest BCUT2D eigenvalue weighted by atomic mass is 10.1. The molecule has 0 aliphatic rings. The van der Waals surface area contributed by atoms with E-state index in [1.54, 1.807) is 13.8 Å². The van der Waals surface area contributed by atoms with E-state index in [1.807, 2.05) is 0 Å². The molecule has 0 atom stereocenters. The molecular weight excluding hydrogens is 263 g/mol. The van der Waals surface area contributed by atoms with Crippen LogP contribution in [0.3, 0.4) is 0 Å². The molecule has 4 nitrogen and oxygen atoms in total. The Balaban J connectivity index is 3.13. The Kier molecular flexibility index (Phi) is 4.52. The van der Waals surface area contributed by atoms with Crippen molar-refractivity contribution in [1.29, 1.82) is 0 Å². The maximum absolute atomic E-state index is 13.0. The number of hydrogen-bond donors (Lipinski definition) is 1. The van der Waals surface area contributed by atoms with Crippen LogP contribution in [0.5, 0.6) is 0 Å². The molecule has 0 radical (unpaired) electrons. The lowest BCUT2D eigenvalue weighted by Crippen LogP contribution is -2.40. The van der Waals surface area contributed by atoms with Crippen molar-refractivity contribution < 1.29 is 27.9 Å². The minimum atomic E-state index is -1.68. The average Bonchev–Trinajstić information content (AvgIpc) is 2.31. The zero-order valence-electron chi connectivity index (χ0n) is 10.3. The van der Waals surface area contributed by atoms with Gasteiger partial charge in [-0.3, -0.25) is 9.59 Å². The predicted octanol–water partition coefficient (Wildman–Crippen LogP) is 2.04. The molecule has 0 aliphatic heterocycles. The molecule has 1 aromatic carbocycles. The highest BCUT2D eigenvalue weighted by Crippen LogP contribution is 2.16. The van der Waals surface area contributed by atoms with E-state index in [9.17, 15) is 22.8 Å². The first-order chi connectivity index (χ1) is 8.73. The maximum atomic E-state index is 13.0. The fourth-order valence-corrected chi connectivity index (χ4v) is 1.48. The number of benzene rings is 1. The van der Waals surface area contributed by atoms with E-state index in [0.29, 0.717) is 12.1 Å². The second-order valence-corrected chi connectivity index (χ2v) is 4.17. The molecule has 7 heteroatoms. The maximum Gasteiger partial charge on any atom is 0.323 e. The summed E-state index contributed by atoms with van der Waals surface area (Å²) in [6.07, 6.45) is 0. The molecule has 0 unspecified atom stereocenters. The minimum absolute atomic E-state index is 0.439. The monoisotopic (exact) mass is 275 g/mol. The number of nitrogens with zero attached hydrogens (tertiary/aromatic N) is 1. The Morgan fingerprint density at radius 2 is 1.68 bits per heavy atom. The number of carboxylic acid groups (broad SMARTS) is 1. The Hall–Kier alpha value is -2.05. The van der Waals surface area contributed by atoms with E-state index in [2.05, 4.69) is 0 Å². The molecule has 0 bridgehead atoms. The Morgan fingerprint density at radius 3 is 2.05 bits per heavy atom. The van der Waals surface area contributed by atoms with Crippen molar-refractivity contribution in [3.8, 4) is 0 Å². The van der Waals surface area contributed by atoms with E-state index in [4.69, 9.17) is 5.11 Å². The number of rotatable bonds is 4. The summed E-state index contributed by atoms with van der Waals surface area (Å²) in [5, 5.41) is 8.68. The Labute approximate surface area is 107 Å². The van der Waals surface area contributed by atoms with Crippen LogP contribution in [0.15, 0.2) is 12.1 Å². The van der Waals surface area contributed by atoms with Crippen molar-refractivity contribution in [3.63, 3.8) is 0 Å². The van der Waals surface area contributed by atoms with Crippen molar-refractivity contribution >= 4 is 11.9 Å². The molecule has 104 valence electrons. The van der Waals surface area contributed by atoms with Gasteiger partial charge in [0.05, 0.1) is 0 Å². The van der Waals surface area contributed by atoms with Gasteiger partial charge < -0.3 is 10.0 Å². The SMILES string of the molecule is CC(C)N(CC(=O)O)C(=O)c1cc(F)c(F)c(F)c1. The number of carboxylic acids is 1. The zero-order chi connectivity index (χ0) is 14.7. The lowest BCUT2D eigenvalue weighted by molar-refractivity contribution is -0.138. The number of carbonyl (C=O) groups is 2. The van der Waals surface area contributed by atoms with Crippen molar-refractivity contribution in [3.05, 3.63) is 35.1 Å². The first kappa shape index (κ1) is 15.0. The molecule has 0 saturated carbocycles. The molecule has 1 rings (SSSR count). The summed E-state index contributed by atoms with van der Waals surface area (Å²) in [5.41, 5.74) is -0.439. The molecule has 1 N–H and O–H groups in total. The number of halogens is 3. The highest BCUT2D eigenvalue weighted by Gasteiger charge is 2.23. The van der Waals surface area contributed by atoms with Crippen LogP contribution in [0.1, 0.15) is 24.2 Å². The number of hydrogen-bond acceptors (Lipinski definition) is 2. The number of amides is 1. The second kappa shape index (κ2) is 5.73. The quantitative estimate of drug-likeness (QED) is 0.855. The third kappa shape index (κ3) is 3.46. The van der Waals surface area contributed by atoms with Crippen LogP contribution in [0.25, 0.3) is 0 Å². The molecule has 19 heavy (non-hydrogen) atoms. The van der Waals surface area contributed by atoms with E-state index in [0.717, 1.165) is 4.90 Å². The highest BCUT2D eigenvalue weighted by molar-refractivity contribution is 5.96. The van der Waals surface area contributed by atoms with Crippen LogP contribution in [0.4, 0.5) is 13.2 Å². The largest absolute Gasteiger partial charge is 0.480 e. The van der Waals surface area contributed by atoms with E-state index < -0.39 is 47.5 Å². The summed E-state index contributed by atoms with van der Waals surface area (Å²) in [5.74, 6) is -6.81. The molecule has 0 fully saturated rings. The Bertz CT molecular complexity index is 494. The van der Waals surface area contributed by atoms with Crippen LogP contribution in [-0.2, 0) is 4.79 Å². The summed E-state index contributed by atoms with van der Waals surface area (Å²) in [7, 11) is 0. The van der Waals surface area contributed by atoms with Gasteiger partial charge in [0.1, 0.15) is 6.54 Å². The summed E-state index contributed by atoms with van der Waals surface area (Å²) in [4.78, 5) is 23.5. The van der Waals surface area contributed by atoms with Gasteiger partial charge in [0.25, 0.3) is 5.91 Å². The van der Waals surface area contributed by atoms with E-state index in [-0.39, 0.29) is 0 Å². The summed E-state index contributed by atoms with van der Waals surface area (Å²) in [6, 6.07) is 0.593. The van der Waals surface area contributed by atoms with Crippen molar-refractivity contribution in [2.24, 2.45) is 0 Å². The van der Waals surface area contributed by atoms with Gasteiger partial charge in [-0.2, -0.15) is 0 Å². The van der Waals surface area contributed by atoms with Crippen LogP contribution in [-0.4, -0.2) is 34.5 Å². The van der Waals surface area contributed by atoms with Gasteiger partial charge in [0.2, 0.25) is 0 Å². The number of carbonyl (C=O) groups excluding carboxylic acids is 1. The fraction of sp³-hybridized carbons (Fsp3) is 0.333. The van der Waals surface area contributed by atoms with Gasteiger partial charge in [0.15, 0.2) is 17.5 Å². The molecule has 1 aromatic rings. The van der Waals surface area contributed by atoms with Crippen molar-refractivity contribution in [2.45, 2.75) is 19.9 Å². The molecular formula is C12H12F3NO3. The number of aliphatic carboxylic acids is 1. The van der Waals surface area contributed by atoms with Gasteiger partial charge in [-0.15, -0.1) is 0 Å². The molecule has 0 aliphatic carbocycles. The van der Waals surface area contributed by atoms with Crippen LogP contribution in [0, 0.1) is 17.5 Å². The lowest BCUT2D eigenvalue weighted by Gasteiger charge is -2.25.